The number of likely N-dealkylation sites (N-methyl/N-ethyl adjacent to an activating group) is 1. The van der Waals surface area contributed by atoms with E-state index in [2.05, 4.69) is 33.8 Å². The summed E-state index contributed by atoms with van der Waals surface area (Å²) in [7, 11) is 1.91. The topological polar surface area (TPSA) is 37.0 Å². The van der Waals surface area contributed by atoms with E-state index in [1.54, 1.807) is 12.3 Å². The van der Waals surface area contributed by atoms with Gasteiger partial charge in [0.25, 0.3) is 0 Å². The van der Waals surface area contributed by atoms with Crippen LogP contribution in [0.5, 0.6) is 0 Å². The summed E-state index contributed by atoms with van der Waals surface area (Å²) in [6.07, 6.45) is 10.2. The first-order chi connectivity index (χ1) is 11.8. The number of halogens is 1. The van der Waals surface area contributed by atoms with Crippen LogP contribution in [-0.4, -0.2) is 18.2 Å². The lowest BCUT2D eigenvalue weighted by molar-refractivity contribution is 0.608. The van der Waals surface area contributed by atoms with Crippen molar-refractivity contribution < 1.29 is 4.39 Å². The van der Waals surface area contributed by atoms with Gasteiger partial charge in [-0.2, -0.15) is 0 Å². The lowest BCUT2D eigenvalue weighted by Crippen LogP contribution is -2.36. The van der Waals surface area contributed by atoms with Crippen molar-refractivity contribution in [2.24, 2.45) is 0 Å². The highest BCUT2D eigenvalue weighted by atomic mass is 19.1. The molecule has 2 aliphatic rings. The number of aromatic nitrogens is 1. The summed E-state index contributed by atoms with van der Waals surface area (Å²) in [5, 5.41) is 6.45. The third-order valence-electron chi connectivity index (χ3n) is 4.60. The molecule has 0 spiro atoms. The van der Waals surface area contributed by atoms with E-state index >= 15 is 0 Å². The second-order valence-electron chi connectivity index (χ2n) is 6.30. The standard InChI is InChI=1S/C20H20FN3/c1-22-19-9-7-15(12-24-19)16-3-2-10-23-20(16)14-6-8-18(21)17(11-14)13-4-5-13/h2-3,6-13,19,22,24H,4-5H2,1H3. The van der Waals surface area contributed by atoms with Gasteiger partial charge in [-0.25, -0.2) is 4.39 Å². The van der Waals surface area contributed by atoms with Crippen molar-refractivity contribution in [2.75, 3.05) is 7.05 Å². The van der Waals surface area contributed by atoms with Gasteiger partial charge >= 0.3 is 0 Å². The first kappa shape index (κ1) is 15.1. The van der Waals surface area contributed by atoms with Crippen LogP contribution in [0.3, 0.4) is 0 Å². The largest absolute Gasteiger partial charge is 0.372 e. The number of nitrogens with one attached hydrogen (secondary N) is 2. The van der Waals surface area contributed by atoms with Crippen LogP contribution >= 0.6 is 0 Å². The van der Waals surface area contributed by atoms with Crippen molar-refractivity contribution in [3.8, 4) is 11.3 Å². The van der Waals surface area contributed by atoms with Gasteiger partial charge in [-0.1, -0.05) is 12.1 Å². The molecule has 1 unspecified atom stereocenters. The van der Waals surface area contributed by atoms with Gasteiger partial charge in [0, 0.05) is 23.5 Å². The van der Waals surface area contributed by atoms with E-state index in [0.29, 0.717) is 5.92 Å². The molecule has 122 valence electrons. The smallest absolute Gasteiger partial charge is 0.126 e. The van der Waals surface area contributed by atoms with E-state index in [4.69, 9.17) is 0 Å². The molecule has 1 saturated carbocycles. The highest BCUT2D eigenvalue weighted by molar-refractivity contribution is 5.84. The second kappa shape index (κ2) is 6.21. The molecule has 0 saturated heterocycles. The summed E-state index contributed by atoms with van der Waals surface area (Å²) in [6.45, 7) is 0. The van der Waals surface area contributed by atoms with Gasteiger partial charge in [0.1, 0.15) is 5.82 Å². The molecule has 0 amide bonds. The molecule has 2 heterocycles. The van der Waals surface area contributed by atoms with E-state index in [9.17, 15) is 4.39 Å². The van der Waals surface area contributed by atoms with Gasteiger partial charge < -0.3 is 5.32 Å². The molecular weight excluding hydrogens is 301 g/mol. The number of pyridine rings is 1. The van der Waals surface area contributed by atoms with E-state index in [1.807, 2.05) is 31.4 Å². The SMILES string of the molecule is CNC1C=CC(c2cccnc2-c2ccc(F)c(C3CC3)c2)=CN1. The van der Waals surface area contributed by atoms with E-state index in [1.165, 1.54) is 0 Å². The fourth-order valence-corrected chi connectivity index (χ4v) is 3.10. The quantitative estimate of drug-likeness (QED) is 0.899. The van der Waals surface area contributed by atoms with Crippen LogP contribution in [0.15, 0.2) is 54.9 Å². The summed E-state index contributed by atoms with van der Waals surface area (Å²) in [6, 6.07) is 9.35. The van der Waals surface area contributed by atoms with E-state index in [0.717, 1.165) is 40.8 Å². The van der Waals surface area contributed by atoms with Crippen molar-refractivity contribution in [1.82, 2.24) is 15.6 Å². The zero-order valence-electron chi connectivity index (χ0n) is 13.6. The van der Waals surface area contributed by atoms with Crippen LogP contribution < -0.4 is 10.6 Å². The van der Waals surface area contributed by atoms with Gasteiger partial charge in [0.15, 0.2) is 0 Å². The third-order valence-corrected chi connectivity index (χ3v) is 4.60. The Morgan fingerprint density at radius 2 is 2.12 bits per heavy atom. The van der Waals surface area contributed by atoms with Crippen molar-refractivity contribution >= 4 is 5.57 Å². The summed E-state index contributed by atoms with van der Waals surface area (Å²) >= 11 is 0. The van der Waals surface area contributed by atoms with E-state index in [-0.39, 0.29) is 12.0 Å². The van der Waals surface area contributed by atoms with Crippen LogP contribution in [0.4, 0.5) is 4.39 Å². The highest BCUT2D eigenvalue weighted by Crippen LogP contribution is 2.42. The monoisotopic (exact) mass is 321 g/mol. The first-order valence-electron chi connectivity index (χ1n) is 8.33. The summed E-state index contributed by atoms with van der Waals surface area (Å²) in [4.78, 5) is 4.57. The van der Waals surface area contributed by atoms with Gasteiger partial charge in [-0.15, -0.1) is 0 Å². The molecule has 1 aromatic heterocycles. The molecule has 2 N–H and O–H groups in total. The summed E-state index contributed by atoms with van der Waals surface area (Å²) < 4.78 is 14.1. The van der Waals surface area contributed by atoms with Crippen LogP contribution in [0.2, 0.25) is 0 Å². The summed E-state index contributed by atoms with van der Waals surface area (Å²) in [5.74, 6) is 0.276. The number of rotatable bonds is 4. The molecule has 2 aromatic rings. The lowest BCUT2D eigenvalue weighted by Gasteiger charge is -2.19. The first-order valence-corrected chi connectivity index (χ1v) is 8.33. The van der Waals surface area contributed by atoms with Crippen LogP contribution in [0.25, 0.3) is 16.8 Å². The van der Waals surface area contributed by atoms with Crippen LogP contribution in [-0.2, 0) is 0 Å². The predicted octanol–water partition coefficient (Wildman–Crippen LogP) is 3.81. The number of benzene rings is 1. The molecule has 0 radical (unpaired) electrons. The minimum atomic E-state index is -0.103. The fraction of sp³-hybridized carbons (Fsp3) is 0.250. The van der Waals surface area contributed by atoms with E-state index < -0.39 is 0 Å². The number of allylic oxidation sites excluding steroid dienone is 2. The molecule has 1 aromatic carbocycles. The Morgan fingerprint density at radius 3 is 2.83 bits per heavy atom. The third kappa shape index (κ3) is 2.85. The summed E-state index contributed by atoms with van der Waals surface area (Å²) in [5.41, 5.74) is 4.80. The molecule has 1 atom stereocenters. The number of hydrogen-bond donors (Lipinski definition) is 2. The van der Waals surface area contributed by atoms with Crippen LogP contribution in [0.1, 0.15) is 29.9 Å². The molecule has 1 aliphatic heterocycles. The lowest BCUT2D eigenvalue weighted by atomic mass is 9.96. The highest BCUT2D eigenvalue weighted by Gasteiger charge is 2.27. The zero-order valence-corrected chi connectivity index (χ0v) is 13.6. The molecule has 1 fully saturated rings. The molecule has 0 bridgehead atoms. The number of nitrogens with zero attached hydrogens (tertiary/aromatic N) is 1. The second-order valence-corrected chi connectivity index (χ2v) is 6.30. The van der Waals surface area contributed by atoms with Gasteiger partial charge in [0.2, 0.25) is 0 Å². The Balaban J connectivity index is 1.74. The maximum absolute atomic E-state index is 14.1. The van der Waals surface area contributed by atoms with Crippen molar-refractivity contribution in [3.63, 3.8) is 0 Å². The average molecular weight is 321 g/mol. The molecule has 24 heavy (non-hydrogen) atoms. The zero-order chi connectivity index (χ0) is 16.5. The molecule has 4 heteroatoms. The maximum atomic E-state index is 14.1. The Hall–Kier alpha value is -2.46. The number of dihydropyridines is 1. The van der Waals surface area contributed by atoms with Crippen molar-refractivity contribution in [1.29, 1.82) is 0 Å². The Kier molecular flexibility index (Phi) is 3.90. The number of hydrogen-bond acceptors (Lipinski definition) is 3. The Morgan fingerprint density at radius 1 is 1.25 bits per heavy atom. The minimum absolute atomic E-state index is 0.103. The van der Waals surface area contributed by atoms with Gasteiger partial charge in [-0.3, -0.25) is 10.3 Å². The van der Waals surface area contributed by atoms with Crippen molar-refractivity contribution in [2.45, 2.75) is 24.9 Å². The minimum Gasteiger partial charge on any atom is -0.372 e. The van der Waals surface area contributed by atoms with Gasteiger partial charge in [-0.05, 0) is 67.3 Å². The molecule has 4 rings (SSSR count). The Bertz CT molecular complexity index is 821. The fourth-order valence-electron chi connectivity index (χ4n) is 3.10. The van der Waals surface area contributed by atoms with Crippen molar-refractivity contribution in [3.05, 3.63) is 71.8 Å². The average Bonchev–Trinajstić information content (AvgIpc) is 3.47. The maximum Gasteiger partial charge on any atom is 0.126 e. The van der Waals surface area contributed by atoms with Gasteiger partial charge in [0.05, 0.1) is 11.9 Å². The normalized spacial score (nSPS) is 19.8. The van der Waals surface area contributed by atoms with Crippen LogP contribution in [0, 0.1) is 5.82 Å². The predicted molar refractivity (Wildman–Crippen MR) is 94.7 cm³/mol. The molecular formula is C20H20FN3. The molecule has 1 aliphatic carbocycles. The Labute approximate surface area is 141 Å². The molecule has 3 nitrogen and oxygen atoms in total.